The van der Waals surface area contributed by atoms with Gasteiger partial charge in [0.05, 0.1) is 0 Å². The van der Waals surface area contributed by atoms with Gasteiger partial charge in [-0.25, -0.2) is 4.79 Å². The Balaban J connectivity index is 1.72. The van der Waals surface area contributed by atoms with Crippen molar-refractivity contribution in [1.29, 1.82) is 0 Å². The summed E-state index contributed by atoms with van der Waals surface area (Å²) in [7, 11) is 0. The third-order valence-corrected chi connectivity index (χ3v) is 4.24. The van der Waals surface area contributed by atoms with Crippen molar-refractivity contribution in [3.8, 4) is 0 Å². The number of aryl methyl sites for hydroxylation is 1. The van der Waals surface area contributed by atoms with Gasteiger partial charge < -0.3 is 20.3 Å². The minimum atomic E-state index is -0.615. The number of benzene rings is 1. The van der Waals surface area contributed by atoms with Crippen LogP contribution < -0.4 is 10.6 Å². The molecule has 3 amide bonds. The van der Waals surface area contributed by atoms with Crippen LogP contribution in [0.2, 0.25) is 0 Å². The molecule has 0 spiro atoms. The first kappa shape index (κ1) is 20.7. The standard InChI is InChI=1S/C20H29N3O4/c1-14-5-7-15(8-6-14)18(25)23-11-9-16(10-12-23)22-17(24)13-21-19(26)27-20(2,3)4/h5-8,16H,9-13H2,1-4H3,(H,21,26)(H,22,24). The maximum Gasteiger partial charge on any atom is 0.408 e. The van der Waals surface area contributed by atoms with Crippen molar-refractivity contribution in [3.63, 3.8) is 0 Å². The molecule has 1 aliphatic rings. The molecule has 148 valence electrons. The van der Waals surface area contributed by atoms with Crippen LogP contribution in [0.15, 0.2) is 24.3 Å². The Labute approximate surface area is 160 Å². The van der Waals surface area contributed by atoms with Gasteiger partial charge in [0.25, 0.3) is 5.91 Å². The smallest absolute Gasteiger partial charge is 0.408 e. The molecule has 0 atom stereocenters. The van der Waals surface area contributed by atoms with E-state index in [9.17, 15) is 14.4 Å². The van der Waals surface area contributed by atoms with Crippen LogP contribution in [-0.4, -0.2) is 54.1 Å². The minimum absolute atomic E-state index is 0.00000400. The van der Waals surface area contributed by atoms with Crippen LogP contribution >= 0.6 is 0 Å². The predicted molar refractivity (Wildman–Crippen MR) is 102 cm³/mol. The van der Waals surface area contributed by atoms with Gasteiger partial charge in [0.1, 0.15) is 12.1 Å². The van der Waals surface area contributed by atoms with Gasteiger partial charge in [0, 0.05) is 24.7 Å². The molecule has 1 aromatic rings. The Bertz CT molecular complexity index is 671. The zero-order valence-electron chi connectivity index (χ0n) is 16.5. The van der Waals surface area contributed by atoms with Gasteiger partial charge >= 0.3 is 6.09 Å². The van der Waals surface area contributed by atoms with Gasteiger partial charge in [0.15, 0.2) is 0 Å². The van der Waals surface area contributed by atoms with E-state index in [0.29, 0.717) is 31.5 Å². The molecule has 0 saturated carbocycles. The van der Waals surface area contributed by atoms with Crippen LogP contribution in [0.5, 0.6) is 0 Å². The molecule has 27 heavy (non-hydrogen) atoms. The van der Waals surface area contributed by atoms with Crippen molar-refractivity contribution in [2.24, 2.45) is 0 Å². The van der Waals surface area contributed by atoms with Gasteiger partial charge in [-0.15, -0.1) is 0 Å². The predicted octanol–water partition coefficient (Wildman–Crippen LogP) is 2.24. The van der Waals surface area contributed by atoms with E-state index < -0.39 is 11.7 Å². The number of piperidine rings is 1. The lowest BCUT2D eigenvalue weighted by atomic mass is 10.0. The second-order valence-electron chi connectivity index (χ2n) is 7.86. The lowest BCUT2D eigenvalue weighted by Crippen LogP contribution is -2.49. The highest BCUT2D eigenvalue weighted by molar-refractivity contribution is 5.94. The molecule has 0 unspecified atom stereocenters. The zero-order valence-corrected chi connectivity index (χ0v) is 16.5. The monoisotopic (exact) mass is 375 g/mol. The summed E-state index contributed by atoms with van der Waals surface area (Å²) in [5.74, 6) is -0.240. The fourth-order valence-corrected chi connectivity index (χ4v) is 2.85. The molecule has 2 N–H and O–H groups in total. The number of nitrogens with one attached hydrogen (secondary N) is 2. The Kier molecular flexibility index (Phi) is 6.82. The van der Waals surface area contributed by atoms with E-state index in [4.69, 9.17) is 4.74 Å². The first-order valence-electron chi connectivity index (χ1n) is 9.26. The van der Waals surface area contributed by atoms with Gasteiger partial charge in [-0.2, -0.15) is 0 Å². The van der Waals surface area contributed by atoms with Crippen LogP contribution in [0, 0.1) is 6.92 Å². The number of carbonyl (C=O) groups excluding carboxylic acids is 3. The highest BCUT2D eigenvalue weighted by Gasteiger charge is 2.25. The van der Waals surface area contributed by atoms with Crippen molar-refractivity contribution in [3.05, 3.63) is 35.4 Å². The summed E-state index contributed by atoms with van der Waals surface area (Å²) < 4.78 is 5.09. The van der Waals surface area contributed by atoms with Gasteiger partial charge in [0.2, 0.25) is 5.91 Å². The van der Waals surface area contributed by atoms with E-state index in [1.807, 2.05) is 36.1 Å². The van der Waals surface area contributed by atoms with Crippen molar-refractivity contribution in [1.82, 2.24) is 15.5 Å². The average molecular weight is 375 g/mol. The van der Waals surface area contributed by atoms with E-state index in [-0.39, 0.29) is 24.4 Å². The number of likely N-dealkylation sites (tertiary alicyclic amines) is 1. The number of alkyl carbamates (subject to hydrolysis) is 1. The van der Waals surface area contributed by atoms with Gasteiger partial charge in [-0.3, -0.25) is 9.59 Å². The number of carbonyl (C=O) groups is 3. The number of hydrogen-bond donors (Lipinski definition) is 2. The summed E-state index contributed by atoms with van der Waals surface area (Å²) in [6.07, 6.45) is 0.766. The topological polar surface area (TPSA) is 87.7 Å². The largest absolute Gasteiger partial charge is 0.444 e. The SMILES string of the molecule is Cc1ccc(C(=O)N2CCC(NC(=O)CNC(=O)OC(C)(C)C)CC2)cc1. The van der Waals surface area contributed by atoms with E-state index in [1.165, 1.54) is 0 Å². The number of rotatable bonds is 4. The first-order chi connectivity index (χ1) is 12.6. The van der Waals surface area contributed by atoms with E-state index in [2.05, 4.69) is 10.6 Å². The van der Waals surface area contributed by atoms with Crippen molar-refractivity contribution < 1.29 is 19.1 Å². The molecular weight excluding hydrogens is 346 g/mol. The molecule has 1 fully saturated rings. The highest BCUT2D eigenvalue weighted by atomic mass is 16.6. The molecule has 0 aromatic heterocycles. The number of ether oxygens (including phenoxy) is 1. The quantitative estimate of drug-likeness (QED) is 0.845. The molecule has 0 aliphatic carbocycles. The second-order valence-corrected chi connectivity index (χ2v) is 7.86. The van der Waals surface area contributed by atoms with Crippen LogP contribution in [0.3, 0.4) is 0 Å². The highest BCUT2D eigenvalue weighted by Crippen LogP contribution is 2.14. The fourth-order valence-electron chi connectivity index (χ4n) is 2.85. The van der Waals surface area contributed by atoms with Crippen LogP contribution in [-0.2, 0) is 9.53 Å². The van der Waals surface area contributed by atoms with Gasteiger partial charge in [-0.1, -0.05) is 17.7 Å². The maximum absolute atomic E-state index is 12.5. The van der Waals surface area contributed by atoms with Crippen molar-refractivity contribution in [2.75, 3.05) is 19.6 Å². The maximum atomic E-state index is 12.5. The molecular formula is C20H29N3O4. The molecule has 0 bridgehead atoms. The second kappa shape index (κ2) is 8.88. The van der Waals surface area contributed by atoms with E-state index >= 15 is 0 Å². The Morgan fingerprint density at radius 3 is 2.26 bits per heavy atom. The Morgan fingerprint density at radius 2 is 1.70 bits per heavy atom. The summed E-state index contributed by atoms with van der Waals surface area (Å²) in [4.78, 5) is 37.9. The lowest BCUT2D eigenvalue weighted by molar-refractivity contribution is -0.121. The van der Waals surface area contributed by atoms with Gasteiger partial charge in [-0.05, 0) is 52.7 Å². The van der Waals surface area contributed by atoms with Crippen LogP contribution in [0.1, 0.15) is 49.5 Å². The molecule has 1 aromatic carbocycles. The molecule has 2 rings (SSSR count). The molecule has 1 heterocycles. The number of nitrogens with zero attached hydrogens (tertiary/aromatic N) is 1. The number of hydrogen-bond acceptors (Lipinski definition) is 4. The summed E-state index contributed by atoms with van der Waals surface area (Å²) in [5.41, 5.74) is 1.20. The van der Waals surface area contributed by atoms with E-state index in [1.54, 1.807) is 20.8 Å². The molecule has 7 heteroatoms. The summed E-state index contributed by atoms with van der Waals surface area (Å²) in [5, 5.41) is 5.34. The average Bonchev–Trinajstić information content (AvgIpc) is 2.59. The van der Waals surface area contributed by atoms with Crippen LogP contribution in [0.25, 0.3) is 0 Å². The zero-order chi connectivity index (χ0) is 20.0. The Hall–Kier alpha value is -2.57. The molecule has 1 saturated heterocycles. The van der Waals surface area contributed by atoms with Crippen molar-refractivity contribution in [2.45, 2.75) is 52.2 Å². The number of amides is 3. The first-order valence-corrected chi connectivity index (χ1v) is 9.26. The van der Waals surface area contributed by atoms with Crippen LogP contribution in [0.4, 0.5) is 4.79 Å². The third-order valence-electron chi connectivity index (χ3n) is 4.24. The lowest BCUT2D eigenvalue weighted by Gasteiger charge is -2.32. The third kappa shape index (κ3) is 6.92. The summed E-state index contributed by atoms with van der Waals surface area (Å²) >= 11 is 0. The molecule has 0 radical (unpaired) electrons. The Morgan fingerprint density at radius 1 is 1.11 bits per heavy atom. The minimum Gasteiger partial charge on any atom is -0.444 e. The summed E-state index contributed by atoms with van der Waals surface area (Å²) in [6.45, 7) is 8.33. The molecule has 7 nitrogen and oxygen atoms in total. The van der Waals surface area contributed by atoms with E-state index in [0.717, 1.165) is 5.56 Å². The van der Waals surface area contributed by atoms with Crippen molar-refractivity contribution >= 4 is 17.9 Å². The molecule has 1 aliphatic heterocycles. The summed E-state index contributed by atoms with van der Waals surface area (Å²) in [6, 6.07) is 7.54. The normalized spacial score (nSPS) is 15.2. The fraction of sp³-hybridized carbons (Fsp3) is 0.550.